The SMILES string of the molecule is Clc1cccc(CNc2ncnc3c2c(-c2ccccc2)cn3-c2ccc(Br)cc2)c1. The summed E-state index contributed by atoms with van der Waals surface area (Å²) < 4.78 is 3.14. The fraction of sp³-hybridized carbons (Fsp3) is 0.0400. The first-order chi connectivity index (χ1) is 15.2. The number of nitrogens with one attached hydrogen (secondary N) is 1. The number of anilines is 1. The third-order valence-electron chi connectivity index (χ3n) is 5.12. The second-order valence-electron chi connectivity index (χ2n) is 7.16. The van der Waals surface area contributed by atoms with E-state index in [2.05, 4.69) is 66.2 Å². The van der Waals surface area contributed by atoms with Crippen LogP contribution in [-0.4, -0.2) is 14.5 Å². The second kappa shape index (κ2) is 8.53. The summed E-state index contributed by atoms with van der Waals surface area (Å²) in [6, 6.07) is 26.3. The second-order valence-corrected chi connectivity index (χ2v) is 8.51. The molecule has 2 aromatic heterocycles. The first-order valence-electron chi connectivity index (χ1n) is 9.85. The molecule has 4 nitrogen and oxygen atoms in total. The quantitative estimate of drug-likeness (QED) is 0.286. The van der Waals surface area contributed by atoms with E-state index in [0.717, 1.165) is 48.7 Å². The number of aromatic nitrogens is 3. The van der Waals surface area contributed by atoms with Gasteiger partial charge in [0.05, 0.1) is 5.39 Å². The summed E-state index contributed by atoms with van der Waals surface area (Å²) in [6.45, 7) is 0.615. The molecule has 0 bridgehead atoms. The van der Waals surface area contributed by atoms with Crippen molar-refractivity contribution in [2.24, 2.45) is 0 Å². The Morgan fingerprint density at radius 1 is 0.903 bits per heavy atom. The molecule has 3 aromatic carbocycles. The maximum atomic E-state index is 6.15. The highest BCUT2D eigenvalue weighted by molar-refractivity contribution is 9.10. The fourth-order valence-corrected chi connectivity index (χ4v) is 4.14. The van der Waals surface area contributed by atoms with E-state index in [-0.39, 0.29) is 0 Å². The largest absolute Gasteiger partial charge is 0.365 e. The van der Waals surface area contributed by atoms with Crippen molar-refractivity contribution in [3.05, 3.63) is 106 Å². The van der Waals surface area contributed by atoms with Gasteiger partial charge in [0.25, 0.3) is 0 Å². The summed E-state index contributed by atoms with van der Waals surface area (Å²) in [5.41, 5.74) is 5.17. The van der Waals surface area contributed by atoms with Gasteiger partial charge in [0, 0.05) is 33.5 Å². The molecular weight excluding hydrogens is 472 g/mol. The summed E-state index contributed by atoms with van der Waals surface area (Å²) in [5.74, 6) is 0.791. The van der Waals surface area contributed by atoms with Gasteiger partial charge in [0.2, 0.25) is 0 Å². The molecule has 5 rings (SSSR count). The van der Waals surface area contributed by atoms with Crippen LogP contribution >= 0.6 is 27.5 Å². The van der Waals surface area contributed by atoms with Gasteiger partial charge in [-0.05, 0) is 47.5 Å². The molecule has 0 unspecified atom stereocenters. The molecule has 0 amide bonds. The number of benzene rings is 3. The molecule has 0 atom stereocenters. The van der Waals surface area contributed by atoms with Gasteiger partial charge in [-0.3, -0.25) is 0 Å². The highest BCUT2D eigenvalue weighted by Crippen LogP contribution is 2.35. The Hall–Kier alpha value is -3.15. The van der Waals surface area contributed by atoms with E-state index >= 15 is 0 Å². The Balaban J connectivity index is 1.65. The lowest BCUT2D eigenvalue weighted by molar-refractivity contribution is 1.06. The highest BCUT2D eigenvalue weighted by atomic mass is 79.9. The summed E-state index contributed by atoms with van der Waals surface area (Å²) in [4.78, 5) is 9.21. The molecule has 2 heterocycles. The molecule has 0 aliphatic rings. The zero-order valence-electron chi connectivity index (χ0n) is 16.5. The van der Waals surface area contributed by atoms with Crippen LogP contribution in [0.3, 0.4) is 0 Å². The van der Waals surface area contributed by atoms with E-state index in [1.165, 1.54) is 0 Å². The Morgan fingerprint density at radius 3 is 2.48 bits per heavy atom. The normalized spacial score (nSPS) is 11.0. The highest BCUT2D eigenvalue weighted by Gasteiger charge is 2.17. The van der Waals surface area contributed by atoms with Gasteiger partial charge in [0.15, 0.2) is 5.65 Å². The zero-order valence-corrected chi connectivity index (χ0v) is 18.8. The molecule has 0 saturated carbocycles. The van der Waals surface area contributed by atoms with Crippen LogP contribution in [0, 0.1) is 0 Å². The lowest BCUT2D eigenvalue weighted by Crippen LogP contribution is -2.03. The van der Waals surface area contributed by atoms with Gasteiger partial charge in [-0.1, -0.05) is 70.0 Å². The molecule has 6 heteroatoms. The number of hydrogen-bond donors (Lipinski definition) is 1. The monoisotopic (exact) mass is 488 g/mol. The fourth-order valence-electron chi connectivity index (χ4n) is 3.66. The third kappa shape index (κ3) is 4.07. The van der Waals surface area contributed by atoms with Crippen LogP contribution in [0.15, 0.2) is 95.9 Å². The molecule has 31 heavy (non-hydrogen) atoms. The molecule has 0 fully saturated rings. The number of halogens is 2. The average Bonchev–Trinajstić information content (AvgIpc) is 3.19. The molecule has 0 saturated heterocycles. The molecular formula is C25H18BrClN4. The number of rotatable bonds is 5. The van der Waals surface area contributed by atoms with Crippen molar-refractivity contribution in [1.82, 2.24) is 14.5 Å². The van der Waals surface area contributed by atoms with Gasteiger partial charge in [0.1, 0.15) is 12.1 Å². The van der Waals surface area contributed by atoms with Crippen LogP contribution in [0.5, 0.6) is 0 Å². The van der Waals surface area contributed by atoms with Crippen LogP contribution in [-0.2, 0) is 6.54 Å². The molecule has 152 valence electrons. The maximum absolute atomic E-state index is 6.15. The molecule has 0 spiro atoms. The lowest BCUT2D eigenvalue weighted by atomic mass is 10.1. The topological polar surface area (TPSA) is 42.7 Å². The summed E-state index contributed by atoms with van der Waals surface area (Å²) in [5, 5.41) is 5.19. The summed E-state index contributed by atoms with van der Waals surface area (Å²) in [6.07, 6.45) is 3.73. The van der Waals surface area contributed by atoms with Gasteiger partial charge in [-0.25, -0.2) is 9.97 Å². The van der Waals surface area contributed by atoms with Crippen molar-refractivity contribution in [3.63, 3.8) is 0 Å². The Morgan fingerprint density at radius 2 is 1.71 bits per heavy atom. The third-order valence-corrected chi connectivity index (χ3v) is 5.89. The van der Waals surface area contributed by atoms with Gasteiger partial charge in [-0.15, -0.1) is 0 Å². The first kappa shape index (κ1) is 19.8. The van der Waals surface area contributed by atoms with Crippen LogP contribution < -0.4 is 5.32 Å². The number of hydrogen-bond acceptors (Lipinski definition) is 3. The molecule has 5 aromatic rings. The van der Waals surface area contributed by atoms with E-state index in [0.29, 0.717) is 6.54 Å². The van der Waals surface area contributed by atoms with E-state index in [1.807, 2.05) is 54.6 Å². The van der Waals surface area contributed by atoms with E-state index in [1.54, 1.807) is 6.33 Å². The van der Waals surface area contributed by atoms with E-state index in [4.69, 9.17) is 11.6 Å². The van der Waals surface area contributed by atoms with E-state index < -0.39 is 0 Å². The number of nitrogens with zero attached hydrogens (tertiary/aromatic N) is 3. The maximum Gasteiger partial charge on any atom is 0.150 e. The molecule has 0 aliphatic carbocycles. The Labute approximate surface area is 193 Å². The summed E-state index contributed by atoms with van der Waals surface area (Å²) >= 11 is 9.66. The van der Waals surface area contributed by atoms with Crippen LogP contribution in [0.1, 0.15) is 5.56 Å². The summed E-state index contributed by atoms with van der Waals surface area (Å²) in [7, 11) is 0. The van der Waals surface area contributed by atoms with Crippen molar-refractivity contribution in [1.29, 1.82) is 0 Å². The standard InChI is InChI=1S/C25H18BrClN4/c26-19-9-11-21(12-10-19)31-15-22(18-6-2-1-3-7-18)23-24(29-16-30-25(23)31)28-14-17-5-4-8-20(27)13-17/h1-13,15-16H,14H2,(H,28,29,30). The van der Waals surface area contributed by atoms with Crippen LogP contribution in [0.4, 0.5) is 5.82 Å². The van der Waals surface area contributed by atoms with Crippen LogP contribution in [0.2, 0.25) is 5.02 Å². The zero-order chi connectivity index (χ0) is 21.2. The minimum atomic E-state index is 0.615. The molecule has 0 radical (unpaired) electrons. The van der Waals surface area contributed by atoms with Crippen molar-refractivity contribution in [2.75, 3.05) is 5.32 Å². The van der Waals surface area contributed by atoms with Crippen LogP contribution in [0.25, 0.3) is 27.8 Å². The predicted molar refractivity (Wildman–Crippen MR) is 131 cm³/mol. The Bertz CT molecular complexity index is 1350. The van der Waals surface area contributed by atoms with Gasteiger partial charge >= 0.3 is 0 Å². The van der Waals surface area contributed by atoms with Crippen molar-refractivity contribution in [2.45, 2.75) is 6.54 Å². The van der Waals surface area contributed by atoms with Crippen molar-refractivity contribution >= 4 is 44.4 Å². The van der Waals surface area contributed by atoms with E-state index in [9.17, 15) is 0 Å². The van der Waals surface area contributed by atoms with Crippen molar-refractivity contribution in [3.8, 4) is 16.8 Å². The predicted octanol–water partition coefficient (Wildman–Crippen LogP) is 7.12. The smallest absolute Gasteiger partial charge is 0.150 e. The number of fused-ring (bicyclic) bond motifs is 1. The van der Waals surface area contributed by atoms with Gasteiger partial charge < -0.3 is 9.88 Å². The van der Waals surface area contributed by atoms with Gasteiger partial charge in [-0.2, -0.15) is 0 Å². The lowest BCUT2D eigenvalue weighted by Gasteiger charge is -2.09. The molecule has 0 aliphatic heterocycles. The minimum absolute atomic E-state index is 0.615. The molecule has 1 N–H and O–H groups in total. The Kier molecular flexibility index (Phi) is 5.45. The van der Waals surface area contributed by atoms with Crippen molar-refractivity contribution < 1.29 is 0 Å². The average molecular weight is 490 g/mol. The first-order valence-corrected chi connectivity index (χ1v) is 11.0. The minimum Gasteiger partial charge on any atom is -0.365 e.